The molecule has 76 valence electrons. The number of benzene rings is 1. The maximum atomic E-state index is 11.5. The molecule has 15 heavy (non-hydrogen) atoms. The number of carboxylic acids is 1. The smallest absolute Gasteiger partial charge is 0.336 e. The maximum absolute atomic E-state index is 11.5. The summed E-state index contributed by atoms with van der Waals surface area (Å²) in [6.07, 6.45) is 2.78. The van der Waals surface area contributed by atoms with Crippen molar-refractivity contribution in [2.24, 2.45) is 5.73 Å². The predicted molar refractivity (Wildman–Crippen MR) is 54.0 cm³/mol. The average Bonchev–Trinajstić information content (AvgIpc) is 2.23. The second kappa shape index (κ2) is 3.03. The van der Waals surface area contributed by atoms with Crippen molar-refractivity contribution in [3.05, 3.63) is 41.5 Å². The van der Waals surface area contributed by atoms with Gasteiger partial charge in [0.25, 0.3) is 0 Å². The number of hydrogen-bond donors (Lipinski definition) is 2. The number of ketones is 1. The lowest BCUT2D eigenvalue weighted by Gasteiger charge is -2.26. The Bertz CT molecular complexity index is 478. The first-order valence-electron chi connectivity index (χ1n) is 4.41. The largest absolute Gasteiger partial charge is 0.479 e. The highest BCUT2D eigenvalue weighted by atomic mass is 16.4. The zero-order chi connectivity index (χ0) is 11.1. The Labute approximate surface area is 86.0 Å². The first kappa shape index (κ1) is 9.61. The van der Waals surface area contributed by atoms with E-state index in [9.17, 15) is 9.59 Å². The zero-order valence-corrected chi connectivity index (χ0v) is 7.81. The molecule has 0 heterocycles. The Hall–Kier alpha value is -1.94. The minimum Gasteiger partial charge on any atom is -0.479 e. The van der Waals surface area contributed by atoms with Crippen LogP contribution in [0.4, 0.5) is 0 Å². The summed E-state index contributed by atoms with van der Waals surface area (Å²) in [5, 5.41) is 9.03. The molecule has 0 fully saturated rings. The van der Waals surface area contributed by atoms with E-state index in [4.69, 9.17) is 10.8 Å². The summed E-state index contributed by atoms with van der Waals surface area (Å²) in [4.78, 5) is 22.6. The van der Waals surface area contributed by atoms with E-state index in [-0.39, 0.29) is 0 Å². The van der Waals surface area contributed by atoms with E-state index in [0.717, 1.165) is 0 Å². The van der Waals surface area contributed by atoms with Crippen LogP contribution in [0.25, 0.3) is 6.08 Å². The summed E-state index contributed by atoms with van der Waals surface area (Å²) in [6, 6.07) is 6.71. The lowest BCUT2D eigenvalue weighted by Crippen LogP contribution is -2.52. The highest BCUT2D eigenvalue weighted by molar-refractivity contribution is 6.16. The molecule has 4 heteroatoms. The van der Waals surface area contributed by atoms with Gasteiger partial charge in [0.1, 0.15) is 0 Å². The Kier molecular flexibility index (Phi) is 1.94. The van der Waals surface area contributed by atoms with E-state index < -0.39 is 17.3 Å². The molecule has 0 radical (unpaired) electrons. The van der Waals surface area contributed by atoms with E-state index in [1.54, 1.807) is 30.3 Å². The van der Waals surface area contributed by atoms with Crippen molar-refractivity contribution in [1.29, 1.82) is 0 Å². The first-order valence-corrected chi connectivity index (χ1v) is 4.41. The molecular weight excluding hydrogens is 194 g/mol. The maximum Gasteiger partial charge on any atom is 0.336 e. The van der Waals surface area contributed by atoms with Crippen LogP contribution in [0.15, 0.2) is 30.3 Å². The predicted octanol–water partition coefficient (Wildman–Crippen LogP) is 0.521. The van der Waals surface area contributed by atoms with Crippen LogP contribution < -0.4 is 5.73 Å². The summed E-state index contributed by atoms with van der Waals surface area (Å²) in [7, 11) is 0. The Morgan fingerprint density at radius 1 is 1.27 bits per heavy atom. The molecule has 1 aliphatic carbocycles. The quantitative estimate of drug-likeness (QED) is 0.652. The van der Waals surface area contributed by atoms with Gasteiger partial charge in [-0.15, -0.1) is 0 Å². The van der Waals surface area contributed by atoms with Gasteiger partial charge in [0.05, 0.1) is 0 Å². The summed E-state index contributed by atoms with van der Waals surface area (Å²) in [5.41, 5.74) is 4.72. The van der Waals surface area contributed by atoms with Crippen LogP contribution in [-0.4, -0.2) is 16.9 Å². The monoisotopic (exact) mass is 203 g/mol. The molecule has 0 aliphatic heterocycles. The summed E-state index contributed by atoms with van der Waals surface area (Å²) < 4.78 is 0. The van der Waals surface area contributed by atoms with Gasteiger partial charge in [-0.1, -0.05) is 30.3 Å². The second-order valence-corrected chi connectivity index (χ2v) is 3.40. The molecule has 0 spiro atoms. The number of hydrogen-bond acceptors (Lipinski definition) is 3. The SMILES string of the molecule is NC1(C(=O)O)C(=O)C=Cc2ccccc21. The number of aliphatic carboxylic acids is 1. The van der Waals surface area contributed by atoms with Gasteiger partial charge in [-0.25, -0.2) is 4.79 Å². The molecule has 1 unspecified atom stereocenters. The Morgan fingerprint density at radius 2 is 1.93 bits per heavy atom. The minimum absolute atomic E-state index is 0.338. The number of carboxylic acid groups (broad SMARTS) is 1. The fourth-order valence-corrected chi connectivity index (χ4v) is 1.65. The fraction of sp³-hybridized carbons (Fsp3) is 0.0909. The molecule has 2 rings (SSSR count). The van der Waals surface area contributed by atoms with Gasteiger partial charge in [0, 0.05) is 0 Å². The first-order chi connectivity index (χ1) is 7.06. The molecule has 0 saturated heterocycles. The van der Waals surface area contributed by atoms with Gasteiger partial charge in [-0.2, -0.15) is 0 Å². The fourth-order valence-electron chi connectivity index (χ4n) is 1.65. The number of rotatable bonds is 1. The number of carbonyl (C=O) groups is 2. The van der Waals surface area contributed by atoms with Gasteiger partial charge in [0.2, 0.25) is 5.54 Å². The summed E-state index contributed by atoms with van der Waals surface area (Å²) in [6.45, 7) is 0. The van der Waals surface area contributed by atoms with E-state index in [1.807, 2.05) is 0 Å². The third kappa shape index (κ3) is 1.19. The molecular formula is C11H9NO3. The van der Waals surface area contributed by atoms with Crippen molar-refractivity contribution < 1.29 is 14.7 Å². The van der Waals surface area contributed by atoms with Crippen molar-refractivity contribution >= 4 is 17.8 Å². The number of carbonyl (C=O) groups excluding carboxylic acids is 1. The molecule has 4 nitrogen and oxygen atoms in total. The number of nitrogens with two attached hydrogens (primary N) is 1. The highest BCUT2D eigenvalue weighted by Gasteiger charge is 2.45. The normalized spacial score (nSPS) is 23.7. The van der Waals surface area contributed by atoms with Crippen LogP contribution in [0.1, 0.15) is 11.1 Å². The van der Waals surface area contributed by atoms with Crippen molar-refractivity contribution in [2.75, 3.05) is 0 Å². The van der Waals surface area contributed by atoms with E-state index in [1.165, 1.54) is 6.08 Å². The third-order valence-electron chi connectivity index (χ3n) is 2.53. The van der Waals surface area contributed by atoms with Gasteiger partial charge in [0.15, 0.2) is 5.78 Å². The Morgan fingerprint density at radius 3 is 2.60 bits per heavy atom. The van der Waals surface area contributed by atoms with Crippen LogP contribution >= 0.6 is 0 Å². The van der Waals surface area contributed by atoms with Crippen LogP contribution in [0.2, 0.25) is 0 Å². The molecule has 0 saturated carbocycles. The molecule has 3 N–H and O–H groups in total. The second-order valence-electron chi connectivity index (χ2n) is 3.40. The van der Waals surface area contributed by atoms with E-state index in [0.29, 0.717) is 11.1 Å². The lowest BCUT2D eigenvalue weighted by molar-refractivity contribution is -0.147. The van der Waals surface area contributed by atoms with Crippen LogP contribution in [-0.2, 0) is 15.1 Å². The molecule has 1 aromatic rings. The zero-order valence-electron chi connectivity index (χ0n) is 7.81. The van der Waals surface area contributed by atoms with Crippen molar-refractivity contribution in [2.45, 2.75) is 5.54 Å². The minimum atomic E-state index is -1.94. The number of fused-ring (bicyclic) bond motifs is 1. The molecule has 1 aromatic carbocycles. The highest BCUT2D eigenvalue weighted by Crippen LogP contribution is 2.29. The van der Waals surface area contributed by atoms with Crippen molar-refractivity contribution in [3.63, 3.8) is 0 Å². The van der Waals surface area contributed by atoms with Crippen molar-refractivity contribution in [1.82, 2.24) is 0 Å². The molecule has 0 aromatic heterocycles. The van der Waals surface area contributed by atoms with Gasteiger partial charge >= 0.3 is 5.97 Å². The van der Waals surface area contributed by atoms with Crippen LogP contribution in [0, 0.1) is 0 Å². The third-order valence-corrected chi connectivity index (χ3v) is 2.53. The van der Waals surface area contributed by atoms with Crippen LogP contribution in [0.3, 0.4) is 0 Å². The molecule has 1 atom stereocenters. The van der Waals surface area contributed by atoms with Gasteiger partial charge in [-0.3, -0.25) is 4.79 Å². The van der Waals surface area contributed by atoms with E-state index in [2.05, 4.69) is 0 Å². The standard InChI is InChI=1S/C11H9NO3/c12-11(10(14)15)8-4-2-1-3-7(8)5-6-9(11)13/h1-6H,12H2,(H,14,15). The van der Waals surface area contributed by atoms with Crippen molar-refractivity contribution in [3.8, 4) is 0 Å². The van der Waals surface area contributed by atoms with Gasteiger partial charge in [-0.05, 0) is 17.2 Å². The van der Waals surface area contributed by atoms with Gasteiger partial charge < -0.3 is 10.8 Å². The molecule has 0 bridgehead atoms. The molecule has 1 aliphatic rings. The average molecular weight is 203 g/mol. The summed E-state index contributed by atoms with van der Waals surface area (Å²) >= 11 is 0. The molecule has 0 amide bonds. The Balaban J connectivity index is 2.72. The van der Waals surface area contributed by atoms with E-state index >= 15 is 0 Å². The summed E-state index contributed by atoms with van der Waals surface area (Å²) in [5.74, 6) is -1.93. The lowest BCUT2D eigenvalue weighted by atomic mass is 9.80. The topological polar surface area (TPSA) is 80.4 Å². The van der Waals surface area contributed by atoms with Crippen LogP contribution in [0.5, 0.6) is 0 Å².